The highest BCUT2D eigenvalue weighted by Gasteiger charge is 2.23. The molecule has 0 aromatic heterocycles. The van der Waals surface area contributed by atoms with Crippen LogP contribution in [0, 0.1) is 20.8 Å². The van der Waals surface area contributed by atoms with Crippen LogP contribution in [-0.2, 0) is 9.53 Å². The summed E-state index contributed by atoms with van der Waals surface area (Å²) in [5.41, 5.74) is 3.94. The highest BCUT2D eigenvalue weighted by Crippen LogP contribution is 2.39. The molecule has 1 amide bonds. The number of hydrogen-bond acceptors (Lipinski definition) is 6. The van der Waals surface area contributed by atoms with Crippen molar-refractivity contribution in [2.75, 3.05) is 25.1 Å². The van der Waals surface area contributed by atoms with E-state index >= 15 is 0 Å². The Bertz CT molecular complexity index is 919. The lowest BCUT2D eigenvalue weighted by Crippen LogP contribution is -2.30. The molecular weight excluding hydrogens is 410 g/mol. The SMILES string of the molecule is CCOc1cc(C(=O)OC(C)C(=O)Nc2c(C)cc(C)cc2C)cc(OCC)c1OCC. The van der Waals surface area contributed by atoms with Crippen molar-refractivity contribution in [2.45, 2.75) is 54.6 Å². The molecule has 0 radical (unpaired) electrons. The zero-order valence-corrected chi connectivity index (χ0v) is 20.0. The summed E-state index contributed by atoms with van der Waals surface area (Å²) in [5.74, 6) is 0.138. The Morgan fingerprint density at radius 2 is 1.34 bits per heavy atom. The van der Waals surface area contributed by atoms with Crippen LogP contribution in [0.15, 0.2) is 24.3 Å². The molecule has 1 unspecified atom stereocenters. The first-order chi connectivity index (χ1) is 15.2. The number of ether oxygens (including phenoxy) is 4. The number of amides is 1. The Morgan fingerprint density at radius 1 is 0.844 bits per heavy atom. The first-order valence-electron chi connectivity index (χ1n) is 10.9. The van der Waals surface area contributed by atoms with Crippen LogP contribution in [0.1, 0.15) is 54.7 Å². The van der Waals surface area contributed by atoms with Crippen LogP contribution in [-0.4, -0.2) is 37.8 Å². The minimum Gasteiger partial charge on any atom is -0.490 e. The number of esters is 1. The van der Waals surface area contributed by atoms with Gasteiger partial charge in [0.05, 0.1) is 25.4 Å². The van der Waals surface area contributed by atoms with Gasteiger partial charge in [-0.2, -0.15) is 0 Å². The van der Waals surface area contributed by atoms with E-state index in [1.807, 2.05) is 53.7 Å². The molecule has 7 nitrogen and oxygen atoms in total. The van der Waals surface area contributed by atoms with Gasteiger partial charge in [0.15, 0.2) is 17.6 Å². The third-order valence-electron chi connectivity index (χ3n) is 4.72. The Labute approximate surface area is 190 Å². The van der Waals surface area contributed by atoms with Gasteiger partial charge in [-0.3, -0.25) is 4.79 Å². The van der Waals surface area contributed by atoms with Crippen LogP contribution >= 0.6 is 0 Å². The van der Waals surface area contributed by atoms with Gasteiger partial charge in [0.1, 0.15) is 0 Å². The molecule has 0 aliphatic carbocycles. The van der Waals surface area contributed by atoms with Gasteiger partial charge >= 0.3 is 5.97 Å². The molecule has 0 bridgehead atoms. The molecular formula is C25H33NO6. The quantitative estimate of drug-likeness (QED) is 0.521. The van der Waals surface area contributed by atoms with Crippen LogP contribution < -0.4 is 19.5 Å². The molecule has 0 saturated heterocycles. The summed E-state index contributed by atoms with van der Waals surface area (Å²) in [6, 6.07) is 7.06. The zero-order chi connectivity index (χ0) is 23.8. The van der Waals surface area contributed by atoms with Gasteiger partial charge in [-0.1, -0.05) is 17.7 Å². The largest absolute Gasteiger partial charge is 0.490 e. The maximum absolute atomic E-state index is 12.8. The lowest BCUT2D eigenvalue weighted by Gasteiger charge is -2.19. The minimum absolute atomic E-state index is 0.211. The van der Waals surface area contributed by atoms with Crippen LogP contribution in [0.25, 0.3) is 0 Å². The number of benzene rings is 2. The molecule has 0 aliphatic rings. The predicted octanol–water partition coefficient (Wildman–Crippen LogP) is 4.99. The molecule has 0 spiro atoms. The Balaban J connectivity index is 2.22. The van der Waals surface area contributed by atoms with Gasteiger partial charge < -0.3 is 24.3 Å². The van der Waals surface area contributed by atoms with E-state index in [-0.39, 0.29) is 5.56 Å². The molecule has 0 heterocycles. The fraction of sp³-hybridized carbons (Fsp3) is 0.440. The molecule has 2 rings (SSSR count). The Morgan fingerprint density at radius 3 is 1.81 bits per heavy atom. The lowest BCUT2D eigenvalue weighted by atomic mass is 10.0. The van der Waals surface area contributed by atoms with E-state index in [0.29, 0.717) is 37.1 Å². The molecule has 2 aromatic rings. The molecule has 0 aliphatic heterocycles. The Hall–Kier alpha value is -3.22. The highest BCUT2D eigenvalue weighted by molar-refractivity contribution is 5.98. The van der Waals surface area contributed by atoms with Crippen molar-refractivity contribution >= 4 is 17.6 Å². The molecule has 0 saturated carbocycles. The van der Waals surface area contributed by atoms with Gasteiger partial charge in [-0.05, 0) is 71.7 Å². The average molecular weight is 444 g/mol. The summed E-state index contributed by atoms with van der Waals surface area (Å²) in [4.78, 5) is 25.5. The van der Waals surface area contributed by atoms with Crippen LogP contribution in [0.5, 0.6) is 17.2 Å². The summed E-state index contributed by atoms with van der Waals surface area (Å²) >= 11 is 0. The third-order valence-corrected chi connectivity index (χ3v) is 4.72. The van der Waals surface area contributed by atoms with Gasteiger partial charge in [-0.15, -0.1) is 0 Å². The second-order valence-corrected chi connectivity index (χ2v) is 7.41. The van der Waals surface area contributed by atoms with Crippen LogP contribution in [0.4, 0.5) is 5.69 Å². The summed E-state index contributed by atoms with van der Waals surface area (Å²) in [6.45, 7) is 14.1. The van der Waals surface area contributed by atoms with Crippen molar-refractivity contribution in [1.82, 2.24) is 0 Å². The van der Waals surface area contributed by atoms with E-state index in [4.69, 9.17) is 18.9 Å². The fourth-order valence-electron chi connectivity index (χ4n) is 3.39. The molecule has 0 fully saturated rings. The van der Waals surface area contributed by atoms with E-state index in [0.717, 1.165) is 22.4 Å². The number of carbonyl (C=O) groups excluding carboxylic acids is 2. The standard InChI is InChI=1S/C25H33NO6/c1-8-29-20-13-19(14-21(30-9-2)23(20)31-10-3)25(28)32-18(7)24(27)26-22-16(5)11-15(4)12-17(22)6/h11-14,18H,8-10H2,1-7H3,(H,26,27). The normalized spacial score (nSPS) is 11.5. The number of hydrogen-bond donors (Lipinski definition) is 1. The van der Waals surface area contributed by atoms with Crippen molar-refractivity contribution in [2.24, 2.45) is 0 Å². The van der Waals surface area contributed by atoms with Gasteiger partial charge in [-0.25, -0.2) is 4.79 Å². The maximum atomic E-state index is 12.8. The van der Waals surface area contributed by atoms with Crippen LogP contribution in [0.3, 0.4) is 0 Å². The first-order valence-corrected chi connectivity index (χ1v) is 10.9. The molecule has 7 heteroatoms. The van der Waals surface area contributed by atoms with E-state index in [1.54, 1.807) is 0 Å². The predicted molar refractivity (Wildman–Crippen MR) is 124 cm³/mol. The monoisotopic (exact) mass is 443 g/mol. The fourth-order valence-corrected chi connectivity index (χ4v) is 3.39. The smallest absolute Gasteiger partial charge is 0.339 e. The molecule has 1 atom stereocenters. The minimum atomic E-state index is -1.000. The summed E-state index contributed by atoms with van der Waals surface area (Å²) in [5, 5.41) is 2.87. The number of rotatable bonds is 10. The Kier molecular flexibility index (Phi) is 8.93. The third kappa shape index (κ3) is 6.15. The summed E-state index contributed by atoms with van der Waals surface area (Å²) in [7, 11) is 0. The second-order valence-electron chi connectivity index (χ2n) is 7.41. The lowest BCUT2D eigenvalue weighted by molar-refractivity contribution is -0.123. The van der Waals surface area contributed by atoms with Gasteiger partial charge in [0, 0.05) is 5.69 Å². The van der Waals surface area contributed by atoms with E-state index < -0.39 is 18.0 Å². The summed E-state index contributed by atoms with van der Waals surface area (Å²) in [6.07, 6.45) is -1.000. The van der Waals surface area contributed by atoms with Crippen molar-refractivity contribution in [3.63, 3.8) is 0 Å². The molecule has 1 N–H and O–H groups in total. The molecule has 174 valence electrons. The molecule has 32 heavy (non-hydrogen) atoms. The first kappa shape index (κ1) is 25.0. The van der Waals surface area contributed by atoms with Crippen molar-refractivity contribution in [3.8, 4) is 17.2 Å². The van der Waals surface area contributed by atoms with Crippen LogP contribution in [0.2, 0.25) is 0 Å². The van der Waals surface area contributed by atoms with Crippen molar-refractivity contribution in [3.05, 3.63) is 46.5 Å². The van der Waals surface area contributed by atoms with E-state index in [1.165, 1.54) is 19.1 Å². The van der Waals surface area contributed by atoms with E-state index in [9.17, 15) is 9.59 Å². The number of nitrogens with one attached hydrogen (secondary N) is 1. The number of anilines is 1. The maximum Gasteiger partial charge on any atom is 0.339 e. The van der Waals surface area contributed by atoms with Crippen molar-refractivity contribution in [1.29, 1.82) is 0 Å². The average Bonchev–Trinajstić information content (AvgIpc) is 2.72. The molecule has 2 aromatic carbocycles. The summed E-state index contributed by atoms with van der Waals surface area (Å²) < 4.78 is 22.4. The van der Waals surface area contributed by atoms with Crippen molar-refractivity contribution < 1.29 is 28.5 Å². The zero-order valence-electron chi connectivity index (χ0n) is 20.0. The van der Waals surface area contributed by atoms with Gasteiger partial charge in [0.2, 0.25) is 5.75 Å². The van der Waals surface area contributed by atoms with Gasteiger partial charge in [0.25, 0.3) is 5.91 Å². The number of aryl methyl sites for hydroxylation is 3. The topological polar surface area (TPSA) is 83.1 Å². The number of carbonyl (C=O) groups is 2. The van der Waals surface area contributed by atoms with E-state index in [2.05, 4.69) is 5.32 Å². The second kappa shape index (κ2) is 11.4. The highest BCUT2D eigenvalue weighted by atomic mass is 16.6.